The van der Waals surface area contributed by atoms with Crippen LogP contribution in [0.5, 0.6) is 0 Å². The molecular weight excluding hydrogens is 318 g/mol. The molecule has 0 aliphatic carbocycles. The molecule has 0 unspecified atom stereocenters. The van der Waals surface area contributed by atoms with Crippen molar-refractivity contribution in [1.29, 1.82) is 0 Å². The summed E-state index contributed by atoms with van der Waals surface area (Å²) < 4.78 is 5.61. The second kappa shape index (κ2) is 9.53. The Bertz CT molecular complexity index is 581. The zero-order valence-electron chi connectivity index (χ0n) is 15.2. The number of nitrogens with zero attached hydrogens (tertiary/aromatic N) is 1. The van der Waals surface area contributed by atoms with E-state index in [1.54, 1.807) is 0 Å². The molecule has 6 heteroatoms. The second-order valence-electron chi connectivity index (χ2n) is 6.91. The van der Waals surface area contributed by atoms with E-state index in [1.807, 2.05) is 32.0 Å². The summed E-state index contributed by atoms with van der Waals surface area (Å²) in [6.07, 6.45) is 1.67. The molecule has 3 N–H and O–H groups in total. The van der Waals surface area contributed by atoms with Crippen LogP contribution in [0.2, 0.25) is 0 Å². The minimum absolute atomic E-state index is 0.00126. The minimum Gasteiger partial charge on any atom is -0.374 e. The van der Waals surface area contributed by atoms with E-state index >= 15 is 0 Å². The first-order valence-corrected chi connectivity index (χ1v) is 8.92. The van der Waals surface area contributed by atoms with Crippen LogP contribution in [0.25, 0.3) is 0 Å². The number of piperidine rings is 1. The Hall–Kier alpha value is -1.92. The average Bonchev–Trinajstić information content (AvgIpc) is 2.59. The van der Waals surface area contributed by atoms with Crippen molar-refractivity contribution in [1.82, 2.24) is 10.2 Å². The van der Waals surface area contributed by atoms with Gasteiger partial charge in [-0.1, -0.05) is 24.3 Å². The summed E-state index contributed by atoms with van der Waals surface area (Å²) in [5.41, 5.74) is 7.50. The van der Waals surface area contributed by atoms with Gasteiger partial charge in [-0.3, -0.25) is 14.5 Å². The first kappa shape index (κ1) is 19.4. The van der Waals surface area contributed by atoms with Gasteiger partial charge in [-0.15, -0.1) is 0 Å². The van der Waals surface area contributed by atoms with Crippen molar-refractivity contribution < 1.29 is 14.3 Å². The summed E-state index contributed by atoms with van der Waals surface area (Å²) in [7, 11) is 0. The number of nitrogens with one attached hydrogen (secondary N) is 1. The normalized spacial score (nSPS) is 16.1. The average molecular weight is 347 g/mol. The van der Waals surface area contributed by atoms with Gasteiger partial charge in [0.05, 0.1) is 19.3 Å². The van der Waals surface area contributed by atoms with E-state index in [2.05, 4.69) is 16.3 Å². The number of carbonyl (C=O) groups is 2. The van der Waals surface area contributed by atoms with Gasteiger partial charge >= 0.3 is 0 Å². The molecule has 0 bridgehead atoms. The van der Waals surface area contributed by atoms with Crippen LogP contribution in [0.15, 0.2) is 24.3 Å². The molecule has 1 aromatic rings. The summed E-state index contributed by atoms with van der Waals surface area (Å²) in [5.74, 6) is -0.276. The lowest BCUT2D eigenvalue weighted by molar-refractivity contribution is -0.124. The van der Waals surface area contributed by atoms with E-state index in [0.29, 0.717) is 19.7 Å². The zero-order chi connectivity index (χ0) is 18.2. The summed E-state index contributed by atoms with van der Waals surface area (Å²) in [6.45, 7) is 6.95. The third kappa shape index (κ3) is 6.84. The van der Waals surface area contributed by atoms with Gasteiger partial charge in [-0.05, 0) is 50.9 Å². The minimum atomic E-state index is -0.231. The molecule has 2 amide bonds. The van der Waals surface area contributed by atoms with Crippen molar-refractivity contribution in [3.63, 3.8) is 0 Å². The second-order valence-corrected chi connectivity index (χ2v) is 6.91. The highest BCUT2D eigenvalue weighted by molar-refractivity contribution is 5.78. The molecule has 138 valence electrons. The number of benzene rings is 1. The molecule has 6 nitrogen and oxygen atoms in total. The number of hydrogen-bond acceptors (Lipinski definition) is 4. The largest absolute Gasteiger partial charge is 0.374 e. The predicted octanol–water partition coefficient (Wildman–Crippen LogP) is 1.43. The van der Waals surface area contributed by atoms with E-state index in [9.17, 15) is 9.59 Å². The summed E-state index contributed by atoms with van der Waals surface area (Å²) in [4.78, 5) is 25.4. The van der Waals surface area contributed by atoms with E-state index in [0.717, 1.165) is 37.1 Å². The Morgan fingerprint density at radius 3 is 2.60 bits per heavy atom. The fourth-order valence-corrected chi connectivity index (χ4v) is 2.93. The smallest absolute Gasteiger partial charge is 0.234 e. The molecule has 1 heterocycles. The highest BCUT2D eigenvalue weighted by atomic mass is 16.5. The fourth-order valence-electron chi connectivity index (χ4n) is 2.93. The van der Waals surface area contributed by atoms with Crippen molar-refractivity contribution >= 4 is 11.8 Å². The Kier molecular flexibility index (Phi) is 7.40. The molecule has 0 radical (unpaired) electrons. The third-order valence-electron chi connectivity index (χ3n) is 4.42. The lowest BCUT2D eigenvalue weighted by Crippen LogP contribution is -2.43. The molecule has 25 heavy (non-hydrogen) atoms. The Balaban J connectivity index is 1.73. The quantitative estimate of drug-likeness (QED) is 0.745. The number of amides is 2. The molecule has 1 saturated heterocycles. The molecule has 0 atom stereocenters. The van der Waals surface area contributed by atoms with E-state index in [-0.39, 0.29) is 23.8 Å². The zero-order valence-corrected chi connectivity index (χ0v) is 15.2. The van der Waals surface area contributed by atoms with Gasteiger partial charge in [-0.2, -0.15) is 0 Å². The van der Waals surface area contributed by atoms with Crippen LogP contribution in [-0.4, -0.2) is 42.5 Å². The molecular formula is C19H29N3O3. The van der Waals surface area contributed by atoms with Crippen LogP contribution < -0.4 is 11.1 Å². The van der Waals surface area contributed by atoms with Crippen LogP contribution in [0, 0.1) is 5.92 Å². The molecule has 0 saturated carbocycles. The maximum atomic E-state index is 12.1. The van der Waals surface area contributed by atoms with Gasteiger partial charge in [0, 0.05) is 12.5 Å². The number of carbonyl (C=O) groups excluding carboxylic acids is 2. The maximum Gasteiger partial charge on any atom is 0.234 e. The molecule has 1 fully saturated rings. The van der Waals surface area contributed by atoms with Gasteiger partial charge in [0.1, 0.15) is 0 Å². The highest BCUT2D eigenvalue weighted by Crippen LogP contribution is 2.16. The van der Waals surface area contributed by atoms with Gasteiger partial charge in [0.2, 0.25) is 11.8 Å². The SMILES string of the molecule is CC(C)OCc1cccc(CNC(=O)CN2CCC(C(N)=O)CC2)c1. The van der Waals surface area contributed by atoms with Crippen LogP contribution in [-0.2, 0) is 27.5 Å². The summed E-state index contributed by atoms with van der Waals surface area (Å²) in [6, 6.07) is 8.06. The Morgan fingerprint density at radius 1 is 1.28 bits per heavy atom. The lowest BCUT2D eigenvalue weighted by atomic mass is 9.96. The monoisotopic (exact) mass is 347 g/mol. The van der Waals surface area contributed by atoms with Crippen molar-refractivity contribution in [2.24, 2.45) is 11.7 Å². The topological polar surface area (TPSA) is 84.7 Å². The van der Waals surface area contributed by atoms with Crippen molar-refractivity contribution in [3.8, 4) is 0 Å². The number of likely N-dealkylation sites (tertiary alicyclic amines) is 1. The van der Waals surface area contributed by atoms with Crippen molar-refractivity contribution in [3.05, 3.63) is 35.4 Å². The van der Waals surface area contributed by atoms with Crippen LogP contribution in [0.3, 0.4) is 0 Å². The number of rotatable bonds is 8. The molecule has 1 aliphatic rings. The number of hydrogen-bond donors (Lipinski definition) is 2. The summed E-state index contributed by atoms with van der Waals surface area (Å²) >= 11 is 0. The van der Waals surface area contributed by atoms with E-state index < -0.39 is 0 Å². The number of ether oxygens (including phenoxy) is 1. The standard InChI is InChI=1S/C19H29N3O3/c1-14(2)25-13-16-5-3-4-15(10-16)11-21-18(23)12-22-8-6-17(7-9-22)19(20)24/h3-5,10,14,17H,6-9,11-13H2,1-2H3,(H2,20,24)(H,21,23). The lowest BCUT2D eigenvalue weighted by Gasteiger charge is -2.29. The highest BCUT2D eigenvalue weighted by Gasteiger charge is 2.23. The number of nitrogens with two attached hydrogens (primary N) is 1. The molecule has 0 spiro atoms. The molecule has 0 aromatic heterocycles. The van der Waals surface area contributed by atoms with E-state index in [1.165, 1.54) is 0 Å². The Labute approximate surface area is 149 Å². The first-order chi connectivity index (χ1) is 11.9. The van der Waals surface area contributed by atoms with Gasteiger partial charge in [-0.25, -0.2) is 0 Å². The van der Waals surface area contributed by atoms with Gasteiger partial charge < -0.3 is 15.8 Å². The Morgan fingerprint density at radius 2 is 1.96 bits per heavy atom. The van der Waals surface area contributed by atoms with Crippen LogP contribution in [0.4, 0.5) is 0 Å². The van der Waals surface area contributed by atoms with Gasteiger partial charge in [0.15, 0.2) is 0 Å². The van der Waals surface area contributed by atoms with Crippen LogP contribution >= 0.6 is 0 Å². The van der Waals surface area contributed by atoms with Crippen LogP contribution in [0.1, 0.15) is 37.8 Å². The molecule has 1 aromatic carbocycles. The van der Waals surface area contributed by atoms with Gasteiger partial charge in [0.25, 0.3) is 0 Å². The van der Waals surface area contributed by atoms with Crippen molar-refractivity contribution in [2.75, 3.05) is 19.6 Å². The maximum absolute atomic E-state index is 12.1. The van der Waals surface area contributed by atoms with E-state index in [4.69, 9.17) is 10.5 Å². The molecule has 2 rings (SSSR count). The summed E-state index contributed by atoms with van der Waals surface area (Å²) in [5, 5.41) is 2.96. The third-order valence-corrected chi connectivity index (χ3v) is 4.42. The van der Waals surface area contributed by atoms with Crippen molar-refractivity contribution in [2.45, 2.75) is 45.9 Å². The fraction of sp³-hybridized carbons (Fsp3) is 0.579. The molecule has 1 aliphatic heterocycles. The number of primary amides is 1. The first-order valence-electron chi connectivity index (χ1n) is 8.92. The predicted molar refractivity (Wildman–Crippen MR) is 96.6 cm³/mol.